The molecule has 2 heteroatoms. The topological polar surface area (TPSA) is 26.3 Å². The van der Waals surface area contributed by atoms with Crippen LogP contribution in [0.4, 0.5) is 0 Å². The molecule has 0 saturated carbocycles. The average Bonchev–Trinajstić information content (AvgIpc) is 2.36. The van der Waals surface area contributed by atoms with Gasteiger partial charge in [-0.05, 0) is 43.4 Å². The Labute approximate surface area is 117 Å². The summed E-state index contributed by atoms with van der Waals surface area (Å²) in [4.78, 5) is 11.8. The third kappa shape index (κ3) is 3.59. The monoisotopic (exact) mass is 262 g/mol. The van der Waals surface area contributed by atoms with Gasteiger partial charge in [0.05, 0.1) is 7.11 Å². The molecule has 0 unspecified atom stereocenters. The molecule has 0 spiro atoms. The maximum absolute atomic E-state index is 11.8. The number of methoxy groups -OCH3 is 1. The van der Waals surface area contributed by atoms with Gasteiger partial charge in [0.15, 0.2) is 5.78 Å². The van der Waals surface area contributed by atoms with E-state index < -0.39 is 0 Å². The highest BCUT2D eigenvalue weighted by Crippen LogP contribution is 2.34. The summed E-state index contributed by atoms with van der Waals surface area (Å²) in [7, 11) is 1.66. The van der Waals surface area contributed by atoms with E-state index in [9.17, 15) is 4.79 Å². The van der Waals surface area contributed by atoms with Gasteiger partial charge in [-0.3, -0.25) is 4.79 Å². The first-order valence-corrected chi connectivity index (χ1v) is 7.03. The van der Waals surface area contributed by atoms with Crippen LogP contribution in [0.1, 0.15) is 68.4 Å². The van der Waals surface area contributed by atoms with E-state index in [1.54, 1.807) is 14.0 Å². The number of ketones is 1. The van der Waals surface area contributed by atoms with Gasteiger partial charge in [0.2, 0.25) is 0 Å². The quantitative estimate of drug-likeness (QED) is 0.696. The van der Waals surface area contributed by atoms with Crippen molar-refractivity contribution >= 4 is 5.78 Å². The van der Waals surface area contributed by atoms with E-state index in [-0.39, 0.29) is 11.2 Å². The molecular weight excluding hydrogens is 236 g/mol. The Bertz CT molecular complexity index is 459. The van der Waals surface area contributed by atoms with E-state index in [4.69, 9.17) is 4.74 Å². The van der Waals surface area contributed by atoms with E-state index in [0.717, 1.165) is 23.3 Å². The summed E-state index contributed by atoms with van der Waals surface area (Å²) in [6.45, 7) is 10.2. The maximum Gasteiger partial charge on any atom is 0.160 e. The zero-order valence-corrected chi connectivity index (χ0v) is 13.1. The number of carbonyl (C=O) groups excluding carboxylic acids is 1. The molecule has 0 atom stereocenters. The van der Waals surface area contributed by atoms with Crippen LogP contribution >= 0.6 is 0 Å². The molecule has 1 aromatic carbocycles. The lowest BCUT2D eigenvalue weighted by atomic mass is 9.78. The van der Waals surface area contributed by atoms with Gasteiger partial charge in [-0.15, -0.1) is 0 Å². The predicted octanol–water partition coefficient (Wildman–Crippen LogP) is 4.67. The molecule has 1 aromatic rings. The molecule has 106 valence electrons. The van der Waals surface area contributed by atoms with Crippen LogP contribution in [-0.2, 0) is 5.41 Å². The fourth-order valence-electron chi connectivity index (χ4n) is 2.42. The fourth-order valence-corrected chi connectivity index (χ4v) is 2.42. The zero-order chi connectivity index (χ0) is 14.6. The number of rotatable bonds is 6. The van der Waals surface area contributed by atoms with Crippen molar-refractivity contribution in [3.05, 3.63) is 28.8 Å². The van der Waals surface area contributed by atoms with Gasteiger partial charge < -0.3 is 4.74 Å². The first-order valence-electron chi connectivity index (χ1n) is 7.03. The summed E-state index contributed by atoms with van der Waals surface area (Å²) < 4.78 is 5.42. The van der Waals surface area contributed by atoms with Crippen molar-refractivity contribution in [3.8, 4) is 5.75 Å². The molecule has 0 radical (unpaired) electrons. The van der Waals surface area contributed by atoms with E-state index in [1.807, 2.05) is 13.0 Å². The first-order chi connectivity index (χ1) is 8.83. The largest absolute Gasteiger partial charge is 0.496 e. The molecule has 19 heavy (non-hydrogen) atoms. The van der Waals surface area contributed by atoms with E-state index >= 15 is 0 Å². The lowest BCUT2D eigenvalue weighted by Gasteiger charge is -2.27. The SMILES string of the molecule is CCCCC(C)(C)c1cc(OC)c(C)c(C(C)=O)c1. The Morgan fingerprint density at radius 3 is 2.42 bits per heavy atom. The molecule has 2 nitrogen and oxygen atoms in total. The molecular formula is C17H26O2. The maximum atomic E-state index is 11.8. The third-order valence-corrected chi connectivity index (χ3v) is 3.90. The fraction of sp³-hybridized carbons (Fsp3) is 0.588. The lowest BCUT2D eigenvalue weighted by Crippen LogP contribution is -2.18. The molecule has 0 aliphatic rings. The molecule has 0 bridgehead atoms. The van der Waals surface area contributed by atoms with Crippen molar-refractivity contribution < 1.29 is 9.53 Å². The Morgan fingerprint density at radius 1 is 1.32 bits per heavy atom. The Hall–Kier alpha value is -1.31. The third-order valence-electron chi connectivity index (χ3n) is 3.90. The van der Waals surface area contributed by atoms with Gasteiger partial charge in [-0.25, -0.2) is 0 Å². The number of ether oxygens (including phenoxy) is 1. The van der Waals surface area contributed by atoms with Crippen LogP contribution < -0.4 is 4.74 Å². The van der Waals surface area contributed by atoms with Crippen LogP contribution in [0, 0.1) is 6.92 Å². The van der Waals surface area contributed by atoms with Crippen LogP contribution in [0.3, 0.4) is 0 Å². The van der Waals surface area contributed by atoms with Gasteiger partial charge in [0, 0.05) is 11.1 Å². The van der Waals surface area contributed by atoms with Gasteiger partial charge in [0.1, 0.15) is 5.75 Å². The van der Waals surface area contributed by atoms with Crippen LogP contribution in [0.5, 0.6) is 5.75 Å². The molecule has 0 amide bonds. The van der Waals surface area contributed by atoms with Gasteiger partial charge in [-0.1, -0.05) is 33.6 Å². The lowest BCUT2D eigenvalue weighted by molar-refractivity contribution is 0.101. The summed E-state index contributed by atoms with van der Waals surface area (Å²) in [6, 6.07) is 4.12. The number of unbranched alkanes of at least 4 members (excludes halogenated alkanes) is 1. The van der Waals surface area contributed by atoms with Crippen LogP contribution in [0.2, 0.25) is 0 Å². The van der Waals surface area contributed by atoms with Crippen molar-refractivity contribution in [1.29, 1.82) is 0 Å². The van der Waals surface area contributed by atoms with Crippen molar-refractivity contribution in [2.45, 2.75) is 59.3 Å². The summed E-state index contributed by atoms with van der Waals surface area (Å²) in [5.74, 6) is 0.913. The highest BCUT2D eigenvalue weighted by molar-refractivity contribution is 5.96. The summed E-state index contributed by atoms with van der Waals surface area (Å²) >= 11 is 0. The zero-order valence-electron chi connectivity index (χ0n) is 13.1. The molecule has 0 aromatic heterocycles. The van der Waals surface area contributed by atoms with Crippen molar-refractivity contribution in [2.75, 3.05) is 7.11 Å². The molecule has 0 heterocycles. The van der Waals surface area contributed by atoms with Crippen molar-refractivity contribution in [3.63, 3.8) is 0 Å². The molecule has 0 aliphatic carbocycles. The number of Topliss-reactive ketones (excluding diaryl/α,β-unsaturated/α-hetero) is 1. The minimum atomic E-state index is 0.0706. The van der Waals surface area contributed by atoms with E-state index in [1.165, 1.54) is 18.4 Å². The van der Waals surface area contributed by atoms with Crippen molar-refractivity contribution in [2.24, 2.45) is 0 Å². The molecule has 0 aliphatic heterocycles. The number of hydrogen-bond donors (Lipinski definition) is 0. The van der Waals surface area contributed by atoms with Crippen LogP contribution in [-0.4, -0.2) is 12.9 Å². The van der Waals surface area contributed by atoms with Crippen LogP contribution in [0.15, 0.2) is 12.1 Å². The molecule has 0 N–H and O–H groups in total. The highest BCUT2D eigenvalue weighted by Gasteiger charge is 2.23. The Kier molecular flexibility index (Phi) is 5.16. The average molecular weight is 262 g/mol. The molecule has 0 saturated heterocycles. The Morgan fingerprint density at radius 2 is 1.95 bits per heavy atom. The summed E-state index contributed by atoms with van der Waals surface area (Å²) in [5.41, 5.74) is 2.97. The number of benzene rings is 1. The Balaban J connectivity index is 3.28. The van der Waals surface area contributed by atoms with E-state index in [0.29, 0.717) is 0 Å². The standard InChI is InChI=1S/C17H26O2/c1-7-8-9-17(4,5)14-10-15(13(3)18)12(2)16(11-14)19-6/h10-11H,7-9H2,1-6H3. The summed E-state index contributed by atoms with van der Waals surface area (Å²) in [6.07, 6.45) is 3.50. The van der Waals surface area contributed by atoms with E-state index in [2.05, 4.69) is 26.8 Å². The van der Waals surface area contributed by atoms with Crippen LogP contribution in [0.25, 0.3) is 0 Å². The van der Waals surface area contributed by atoms with Gasteiger partial charge in [-0.2, -0.15) is 0 Å². The summed E-state index contributed by atoms with van der Waals surface area (Å²) in [5, 5.41) is 0. The number of hydrogen-bond acceptors (Lipinski definition) is 2. The van der Waals surface area contributed by atoms with Gasteiger partial charge in [0.25, 0.3) is 0 Å². The second kappa shape index (κ2) is 6.23. The second-order valence-electron chi connectivity index (χ2n) is 5.89. The normalized spacial score (nSPS) is 11.5. The first kappa shape index (κ1) is 15.7. The minimum Gasteiger partial charge on any atom is -0.496 e. The molecule has 1 rings (SSSR count). The van der Waals surface area contributed by atoms with Gasteiger partial charge >= 0.3 is 0 Å². The van der Waals surface area contributed by atoms with Crippen molar-refractivity contribution in [1.82, 2.24) is 0 Å². The highest BCUT2D eigenvalue weighted by atomic mass is 16.5. The molecule has 0 fully saturated rings. The predicted molar refractivity (Wildman–Crippen MR) is 80.3 cm³/mol. The minimum absolute atomic E-state index is 0.0706. The second-order valence-corrected chi connectivity index (χ2v) is 5.89. The smallest absolute Gasteiger partial charge is 0.160 e. The number of carbonyl (C=O) groups is 1.